The van der Waals surface area contributed by atoms with Crippen LogP contribution in [0.1, 0.15) is 20.3 Å². The molecule has 1 aliphatic heterocycles. The normalized spacial score (nSPS) is 22.1. The van der Waals surface area contributed by atoms with Gasteiger partial charge in [-0.3, -0.25) is 4.79 Å². The summed E-state index contributed by atoms with van der Waals surface area (Å²) in [7, 11) is 4.06. The lowest BCUT2D eigenvalue weighted by Crippen LogP contribution is -2.42. The van der Waals surface area contributed by atoms with Gasteiger partial charge in [-0.25, -0.2) is 0 Å². The Morgan fingerprint density at radius 2 is 2.20 bits per heavy atom. The van der Waals surface area contributed by atoms with E-state index < -0.39 is 0 Å². The van der Waals surface area contributed by atoms with Crippen LogP contribution >= 0.6 is 0 Å². The lowest BCUT2D eigenvalue weighted by atomic mass is 10.2. The Morgan fingerprint density at radius 3 is 2.73 bits per heavy atom. The Kier molecular flexibility index (Phi) is 4.54. The zero-order chi connectivity index (χ0) is 11.4. The maximum atomic E-state index is 11.9. The minimum Gasteiger partial charge on any atom is -0.340 e. The van der Waals surface area contributed by atoms with Crippen molar-refractivity contribution in [3.05, 3.63) is 0 Å². The molecule has 1 saturated heterocycles. The van der Waals surface area contributed by atoms with E-state index in [1.165, 1.54) is 0 Å². The van der Waals surface area contributed by atoms with Gasteiger partial charge in [-0.15, -0.1) is 0 Å². The van der Waals surface area contributed by atoms with Gasteiger partial charge in [-0.2, -0.15) is 0 Å². The molecule has 1 amide bonds. The number of carbonyl (C=O) groups excluding carboxylic acids is 1. The molecule has 4 heteroatoms. The first-order valence-corrected chi connectivity index (χ1v) is 5.70. The van der Waals surface area contributed by atoms with Gasteiger partial charge in [0.1, 0.15) is 0 Å². The van der Waals surface area contributed by atoms with Gasteiger partial charge in [-0.05, 0) is 20.5 Å². The Labute approximate surface area is 92.6 Å². The van der Waals surface area contributed by atoms with Gasteiger partial charge in [0.05, 0.1) is 6.04 Å². The van der Waals surface area contributed by atoms with E-state index in [1.54, 1.807) is 0 Å². The first kappa shape index (κ1) is 12.5. The molecule has 0 aliphatic carbocycles. The predicted molar refractivity (Wildman–Crippen MR) is 61.8 cm³/mol. The molecule has 1 heterocycles. The van der Waals surface area contributed by atoms with Gasteiger partial charge in [-0.1, -0.05) is 13.8 Å². The third-order valence-electron chi connectivity index (χ3n) is 2.65. The average molecular weight is 213 g/mol. The molecule has 4 nitrogen and oxygen atoms in total. The number of hydrogen-bond acceptors (Lipinski definition) is 3. The summed E-state index contributed by atoms with van der Waals surface area (Å²) in [5, 5.41) is 3.30. The van der Waals surface area contributed by atoms with Crippen molar-refractivity contribution in [2.24, 2.45) is 0 Å². The maximum Gasteiger partial charge on any atom is 0.239 e. The Morgan fingerprint density at radius 1 is 1.53 bits per heavy atom. The molecule has 0 aromatic carbocycles. The molecular weight excluding hydrogens is 190 g/mol. The topological polar surface area (TPSA) is 35.6 Å². The number of carbonyl (C=O) groups is 1. The van der Waals surface area contributed by atoms with Gasteiger partial charge < -0.3 is 15.1 Å². The molecule has 0 spiro atoms. The fourth-order valence-corrected chi connectivity index (χ4v) is 1.84. The molecule has 1 rings (SSSR count). The minimum absolute atomic E-state index is 0.0483. The number of rotatable bonds is 5. The summed E-state index contributed by atoms with van der Waals surface area (Å²) in [6.07, 6.45) is 0.949. The molecule has 88 valence electrons. The molecule has 0 aromatic rings. The largest absolute Gasteiger partial charge is 0.340 e. The highest BCUT2D eigenvalue weighted by Crippen LogP contribution is 2.11. The van der Waals surface area contributed by atoms with Crippen LogP contribution in [0, 0.1) is 0 Å². The molecule has 0 bridgehead atoms. The molecule has 0 saturated carbocycles. The Balaban J connectivity index is 2.35. The summed E-state index contributed by atoms with van der Waals surface area (Å²) in [6.45, 7) is 6.85. The fourth-order valence-electron chi connectivity index (χ4n) is 1.84. The molecule has 0 aromatic heterocycles. The SMILES string of the molecule is CC(C)NC1CCN(CCN(C)C)C1=O. The van der Waals surface area contributed by atoms with Crippen molar-refractivity contribution in [1.82, 2.24) is 15.1 Å². The van der Waals surface area contributed by atoms with Crippen LogP contribution in [0.15, 0.2) is 0 Å². The highest BCUT2D eigenvalue weighted by Gasteiger charge is 2.31. The molecule has 0 radical (unpaired) electrons. The van der Waals surface area contributed by atoms with Gasteiger partial charge in [0, 0.05) is 25.7 Å². The highest BCUT2D eigenvalue weighted by molar-refractivity contribution is 5.84. The number of likely N-dealkylation sites (N-methyl/N-ethyl adjacent to an activating group) is 1. The zero-order valence-corrected chi connectivity index (χ0v) is 10.3. The van der Waals surface area contributed by atoms with Gasteiger partial charge >= 0.3 is 0 Å². The summed E-state index contributed by atoms with van der Waals surface area (Å²) in [5.41, 5.74) is 0. The second-order valence-corrected chi connectivity index (χ2v) is 4.79. The van der Waals surface area contributed by atoms with Crippen molar-refractivity contribution in [1.29, 1.82) is 0 Å². The van der Waals surface area contributed by atoms with Crippen molar-refractivity contribution in [3.63, 3.8) is 0 Å². The lowest BCUT2D eigenvalue weighted by molar-refractivity contribution is -0.129. The standard InChI is InChI=1S/C11H23N3O/c1-9(2)12-10-5-6-14(11(10)15)8-7-13(3)4/h9-10,12H,5-8H2,1-4H3. The Bertz CT molecular complexity index is 216. The van der Waals surface area contributed by atoms with Crippen molar-refractivity contribution < 1.29 is 4.79 Å². The smallest absolute Gasteiger partial charge is 0.239 e. The number of likely N-dealkylation sites (tertiary alicyclic amines) is 1. The van der Waals surface area contributed by atoms with Crippen LogP contribution in [0.4, 0.5) is 0 Å². The van der Waals surface area contributed by atoms with Crippen LogP contribution in [-0.4, -0.2) is 61.5 Å². The first-order valence-electron chi connectivity index (χ1n) is 5.70. The molecule has 1 fully saturated rings. The first-order chi connectivity index (χ1) is 7.00. The van der Waals surface area contributed by atoms with Crippen molar-refractivity contribution in [3.8, 4) is 0 Å². The lowest BCUT2D eigenvalue weighted by Gasteiger charge is -2.20. The van der Waals surface area contributed by atoms with E-state index in [-0.39, 0.29) is 11.9 Å². The molecular formula is C11H23N3O. The summed E-state index contributed by atoms with van der Waals surface area (Å²) in [4.78, 5) is 16.0. The second kappa shape index (κ2) is 5.47. The third-order valence-corrected chi connectivity index (χ3v) is 2.65. The highest BCUT2D eigenvalue weighted by atomic mass is 16.2. The van der Waals surface area contributed by atoms with E-state index in [0.717, 1.165) is 26.1 Å². The van der Waals surface area contributed by atoms with Crippen LogP contribution in [0.25, 0.3) is 0 Å². The minimum atomic E-state index is 0.0483. The van der Waals surface area contributed by atoms with Crippen molar-refractivity contribution >= 4 is 5.91 Å². The van der Waals surface area contributed by atoms with E-state index in [9.17, 15) is 4.79 Å². The van der Waals surface area contributed by atoms with Crippen molar-refractivity contribution in [2.75, 3.05) is 33.7 Å². The van der Waals surface area contributed by atoms with E-state index in [1.807, 2.05) is 19.0 Å². The molecule has 1 aliphatic rings. The van der Waals surface area contributed by atoms with Crippen LogP contribution < -0.4 is 5.32 Å². The van der Waals surface area contributed by atoms with Crippen LogP contribution in [0.5, 0.6) is 0 Å². The Hall–Kier alpha value is -0.610. The maximum absolute atomic E-state index is 11.9. The van der Waals surface area contributed by atoms with Crippen molar-refractivity contribution in [2.45, 2.75) is 32.4 Å². The van der Waals surface area contributed by atoms with E-state index in [4.69, 9.17) is 0 Å². The van der Waals surface area contributed by atoms with Crippen LogP contribution in [-0.2, 0) is 4.79 Å². The average Bonchev–Trinajstić information content (AvgIpc) is 2.44. The summed E-state index contributed by atoms with van der Waals surface area (Å²) >= 11 is 0. The van der Waals surface area contributed by atoms with E-state index >= 15 is 0 Å². The molecule has 1 N–H and O–H groups in total. The number of nitrogens with zero attached hydrogens (tertiary/aromatic N) is 2. The van der Waals surface area contributed by atoms with Gasteiger partial charge in [0.15, 0.2) is 0 Å². The van der Waals surface area contributed by atoms with E-state index in [2.05, 4.69) is 24.1 Å². The summed E-state index contributed by atoms with van der Waals surface area (Å²) < 4.78 is 0. The molecule has 15 heavy (non-hydrogen) atoms. The fraction of sp³-hybridized carbons (Fsp3) is 0.909. The number of hydrogen-bond donors (Lipinski definition) is 1. The molecule has 1 unspecified atom stereocenters. The van der Waals surface area contributed by atoms with Crippen LogP contribution in [0.2, 0.25) is 0 Å². The second-order valence-electron chi connectivity index (χ2n) is 4.79. The summed E-state index contributed by atoms with van der Waals surface area (Å²) in [6, 6.07) is 0.430. The van der Waals surface area contributed by atoms with Crippen LogP contribution in [0.3, 0.4) is 0 Å². The van der Waals surface area contributed by atoms with E-state index in [0.29, 0.717) is 6.04 Å². The monoisotopic (exact) mass is 213 g/mol. The number of amides is 1. The zero-order valence-electron chi connectivity index (χ0n) is 10.3. The predicted octanol–water partition coefficient (Wildman–Crippen LogP) is 0.147. The summed E-state index contributed by atoms with van der Waals surface area (Å²) in [5.74, 6) is 0.269. The van der Waals surface area contributed by atoms with Gasteiger partial charge in [0.2, 0.25) is 5.91 Å². The number of nitrogens with one attached hydrogen (secondary N) is 1. The van der Waals surface area contributed by atoms with Gasteiger partial charge in [0.25, 0.3) is 0 Å². The third kappa shape index (κ3) is 3.80. The molecule has 1 atom stereocenters. The quantitative estimate of drug-likeness (QED) is 0.706.